The number of hydrogen-bond donors (Lipinski definition) is 1. The van der Waals surface area contributed by atoms with Crippen LogP contribution in [0.4, 0.5) is 10.1 Å². The Morgan fingerprint density at radius 2 is 2.21 bits per heavy atom. The van der Waals surface area contributed by atoms with Gasteiger partial charge in [-0.1, -0.05) is 18.0 Å². The molecule has 4 heteroatoms. The van der Waals surface area contributed by atoms with Gasteiger partial charge >= 0.3 is 0 Å². The zero-order valence-electron chi connectivity index (χ0n) is 10.7. The number of nitrogens with one attached hydrogen (secondary N) is 1. The second-order valence-corrected chi connectivity index (χ2v) is 6.22. The molecule has 2 saturated carbocycles. The average Bonchev–Trinajstić information content (AvgIpc) is 2.96. The molecular weight excluding hydrogens is 265 g/mol. The van der Waals surface area contributed by atoms with Gasteiger partial charge in [-0.3, -0.25) is 4.79 Å². The first-order valence-electron chi connectivity index (χ1n) is 6.86. The number of benzene rings is 1. The molecule has 1 aromatic carbocycles. The number of carbonyl (C=O) groups is 1. The Morgan fingerprint density at radius 3 is 2.84 bits per heavy atom. The Morgan fingerprint density at radius 1 is 1.37 bits per heavy atom. The van der Waals surface area contributed by atoms with E-state index in [1.54, 1.807) is 6.07 Å². The first kappa shape index (κ1) is 12.9. The molecule has 2 aliphatic rings. The molecule has 0 radical (unpaired) electrons. The van der Waals surface area contributed by atoms with E-state index >= 15 is 0 Å². The van der Waals surface area contributed by atoms with Gasteiger partial charge in [0.1, 0.15) is 5.82 Å². The van der Waals surface area contributed by atoms with Gasteiger partial charge in [-0.25, -0.2) is 4.39 Å². The van der Waals surface area contributed by atoms with Crippen molar-refractivity contribution < 1.29 is 9.18 Å². The van der Waals surface area contributed by atoms with Gasteiger partial charge in [-0.05, 0) is 55.2 Å². The Labute approximate surface area is 117 Å². The summed E-state index contributed by atoms with van der Waals surface area (Å²) in [7, 11) is 0. The summed E-state index contributed by atoms with van der Waals surface area (Å²) in [5.41, 5.74) is 0.569. The third-order valence-corrected chi connectivity index (χ3v) is 4.83. The van der Waals surface area contributed by atoms with E-state index in [1.165, 1.54) is 37.8 Å². The summed E-state index contributed by atoms with van der Waals surface area (Å²) >= 11 is 5.69. The lowest BCUT2D eigenvalue weighted by Gasteiger charge is -2.20. The number of halogens is 2. The lowest BCUT2D eigenvalue weighted by molar-refractivity contribution is -0.117. The summed E-state index contributed by atoms with van der Waals surface area (Å²) in [6.45, 7) is 0. The molecule has 2 fully saturated rings. The Hall–Kier alpha value is -1.09. The highest BCUT2D eigenvalue weighted by Gasteiger charge is 2.40. The zero-order chi connectivity index (χ0) is 13.4. The monoisotopic (exact) mass is 281 g/mol. The largest absolute Gasteiger partial charge is 0.326 e. The smallest absolute Gasteiger partial charge is 0.224 e. The van der Waals surface area contributed by atoms with Gasteiger partial charge in [0.05, 0.1) is 5.02 Å². The minimum Gasteiger partial charge on any atom is -0.326 e. The molecule has 0 saturated heterocycles. The van der Waals surface area contributed by atoms with E-state index in [4.69, 9.17) is 11.6 Å². The quantitative estimate of drug-likeness (QED) is 0.882. The van der Waals surface area contributed by atoms with Crippen LogP contribution in [0.15, 0.2) is 18.2 Å². The standard InChI is InChI=1S/C15H17ClFNO/c16-13-8-12(3-4-14(13)17)18-15(19)7-11-6-9-1-2-10(11)5-9/h3-4,8-11H,1-2,5-7H2,(H,18,19)/t9-,10+,11-/m0/s1. The lowest BCUT2D eigenvalue weighted by Crippen LogP contribution is -2.20. The van der Waals surface area contributed by atoms with Crippen molar-refractivity contribution >= 4 is 23.2 Å². The van der Waals surface area contributed by atoms with Crippen molar-refractivity contribution in [2.75, 3.05) is 5.32 Å². The van der Waals surface area contributed by atoms with Gasteiger partial charge < -0.3 is 5.32 Å². The molecule has 1 N–H and O–H groups in total. The first-order valence-corrected chi connectivity index (χ1v) is 7.24. The molecule has 0 heterocycles. The number of fused-ring (bicyclic) bond motifs is 2. The normalized spacial score (nSPS) is 28.6. The van der Waals surface area contributed by atoms with E-state index in [2.05, 4.69) is 5.32 Å². The SMILES string of the molecule is O=C(C[C@@H]1C[C@H]2CC[C@@H]1C2)Nc1ccc(F)c(Cl)c1. The van der Waals surface area contributed by atoms with E-state index in [0.29, 0.717) is 18.0 Å². The maximum absolute atomic E-state index is 13.0. The van der Waals surface area contributed by atoms with Gasteiger partial charge in [0.2, 0.25) is 5.91 Å². The summed E-state index contributed by atoms with van der Waals surface area (Å²) in [5.74, 6) is 1.68. The molecular formula is C15H17ClFNO. The van der Waals surface area contributed by atoms with Crippen molar-refractivity contribution in [1.82, 2.24) is 0 Å². The van der Waals surface area contributed by atoms with Crippen LogP contribution in [0.2, 0.25) is 5.02 Å². The fraction of sp³-hybridized carbons (Fsp3) is 0.533. The molecule has 2 nitrogen and oxygen atoms in total. The molecule has 102 valence electrons. The average molecular weight is 282 g/mol. The van der Waals surface area contributed by atoms with Crippen molar-refractivity contribution in [3.8, 4) is 0 Å². The van der Waals surface area contributed by atoms with Crippen molar-refractivity contribution in [3.05, 3.63) is 29.0 Å². The van der Waals surface area contributed by atoms with Crippen molar-refractivity contribution in [3.63, 3.8) is 0 Å². The van der Waals surface area contributed by atoms with Gasteiger partial charge in [-0.15, -0.1) is 0 Å². The van der Waals surface area contributed by atoms with Crippen molar-refractivity contribution in [1.29, 1.82) is 0 Å². The van der Waals surface area contributed by atoms with Crippen molar-refractivity contribution in [2.45, 2.75) is 32.1 Å². The van der Waals surface area contributed by atoms with Gasteiger partial charge in [0, 0.05) is 12.1 Å². The predicted molar refractivity (Wildman–Crippen MR) is 73.6 cm³/mol. The third-order valence-electron chi connectivity index (χ3n) is 4.54. The van der Waals surface area contributed by atoms with Crippen LogP contribution >= 0.6 is 11.6 Å². The minimum atomic E-state index is -0.465. The molecule has 2 bridgehead atoms. The van der Waals surface area contributed by atoms with Crippen LogP contribution in [0.3, 0.4) is 0 Å². The first-order chi connectivity index (χ1) is 9.11. The summed E-state index contributed by atoms with van der Waals surface area (Å²) in [6.07, 6.45) is 5.71. The summed E-state index contributed by atoms with van der Waals surface area (Å²) < 4.78 is 13.0. The van der Waals surface area contributed by atoms with Crippen LogP contribution in [0.5, 0.6) is 0 Å². The topological polar surface area (TPSA) is 29.1 Å². The van der Waals surface area contributed by atoms with Gasteiger partial charge in [0.25, 0.3) is 0 Å². The van der Waals surface area contributed by atoms with E-state index in [1.807, 2.05) is 0 Å². The Balaban J connectivity index is 1.57. The molecule has 1 amide bonds. The zero-order valence-corrected chi connectivity index (χ0v) is 11.4. The van der Waals surface area contributed by atoms with Crippen LogP contribution in [-0.4, -0.2) is 5.91 Å². The van der Waals surface area contributed by atoms with E-state index in [-0.39, 0.29) is 10.9 Å². The molecule has 0 aromatic heterocycles. The number of rotatable bonds is 3. The van der Waals surface area contributed by atoms with Crippen LogP contribution < -0.4 is 5.32 Å². The van der Waals surface area contributed by atoms with E-state index in [0.717, 1.165) is 11.8 Å². The number of anilines is 1. The van der Waals surface area contributed by atoms with E-state index < -0.39 is 5.82 Å². The third kappa shape index (κ3) is 2.76. The molecule has 3 rings (SSSR count). The van der Waals surface area contributed by atoms with E-state index in [9.17, 15) is 9.18 Å². The molecule has 0 aliphatic heterocycles. The molecule has 3 atom stereocenters. The maximum Gasteiger partial charge on any atom is 0.224 e. The van der Waals surface area contributed by atoms with Gasteiger partial charge in [-0.2, -0.15) is 0 Å². The van der Waals surface area contributed by atoms with Crippen LogP contribution in [-0.2, 0) is 4.79 Å². The minimum absolute atomic E-state index is 0.0141. The molecule has 0 spiro atoms. The molecule has 0 unspecified atom stereocenters. The summed E-state index contributed by atoms with van der Waals surface area (Å²) in [5, 5.41) is 2.85. The lowest BCUT2D eigenvalue weighted by atomic mass is 9.86. The predicted octanol–water partition coefficient (Wildman–Crippen LogP) is 4.24. The highest BCUT2D eigenvalue weighted by Crippen LogP contribution is 2.49. The van der Waals surface area contributed by atoms with Gasteiger partial charge in [0.15, 0.2) is 0 Å². The Bertz CT molecular complexity index is 505. The number of amides is 1. The van der Waals surface area contributed by atoms with Crippen molar-refractivity contribution in [2.24, 2.45) is 17.8 Å². The summed E-state index contributed by atoms with van der Waals surface area (Å²) in [6, 6.07) is 4.27. The summed E-state index contributed by atoms with van der Waals surface area (Å²) in [4.78, 5) is 12.0. The Kier molecular flexibility index (Phi) is 3.48. The fourth-order valence-corrected chi connectivity index (χ4v) is 3.83. The second kappa shape index (κ2) is 5.12. The fourth-order valence-electron chi connectivity index (χ4n) is 3.65. The number of hydrogen-bond acceptors (Lipinski definition) is 1. The van der Waals surface area contributed by atoms with Crippen LogP contribution in [0.25, 0.3) is 0 Å². The second-order valence-electron chi connectivity index (χ2n) is 5.82. The van der Waals surface area contributed by atoms with Crippen LogP contribution in [0, 0.1) is 23.6 Å². The molecule has 19 heavy (non-hydrogen) atoms. The maximum atomic E-state index is 13.0. The molecule has 1 aromatic rings. The highest BCUT2D eigenvalue weighted by atomic mass is 35.5. The number of carbonyl (C=O) groups excluding carboxylic acids is 1. The highest BCUT2D eigenvalue weighted by molar-refractivity contribution is 6.31. The van der Waals surface area contributed by atoms with Crippen LogP contribution in [0.1, 0.15) is 32.1 Å². The molecule has 2 aliphatic carbocycles.